The first-order valence-corrected chi connectivity index (χ1v) is 10.3. The lowest BCUT2D eigenvalue weighted by Crippen LogP contribution is -2.33. The third-order valence-electron chi connectivity index (χ3n) is 6.78. The molecular formula is C23H22F3N3O3. The van der Waals surface area contributed by atoms with Crippen molar-refractivity contribution in [2.45, 2.75) is 25.1 Å². The fraction of sp³-hybridized carbons (Fsp3) is 0.391. The Bertz CT molecular complexity index is 1320. The van der Waals surface area contributed by atoms with Gasteiger partial charge in [0, 0.05) is 45.0 Å². The Hall–Kier alpha value is -3.23. The minimum absolute atomic E-state index is 0.173. The number of aromatic nitrogens is 2. The van der Waals surface area contributed by atoms with Crippen LogP contribution in [0.3, 0.4) is 0 Å². The van der Waals surface area contributed by atoms with Gasteiger partial charge in [0.1, 0.15) is 5.75 Å². The number of carbonyl (C=O) groups is 1. The standard InChI is InChI=1S/C23H22F3N3O3/c1-13-9-28(3)21(31)18-17(11-27(2)19(13)18)20(30)29-10-15-8-22(15,12-29)14-5-4-6-16(7-14)32-23(24,25)26/h4-7,9,11,15H,8,10,12H2,1-3H3. The molecule has 2 aliphatic rings. The highest BCUT2D eigenvalue weighted by Crippen LogP contribution is 2.59. The van der Waals surface area contributed by atoms with E-state index >= 15 is 0 Å². The molecule has 6 nitrogen and oxygen atoms in total. The third kappa shape index (κ3) is 3.10. The van der Waals surface area contributed by atoms with Gasteiger partial charge in [-0.05, 0) is 42.5 Å². The fourth-order valence-electron chi connectivity index (χ4n) is 5.32. The molecular weight excluding hydrogens is 423 g/mol. The average Bonchev–Trinajstić information content (AvgIpc) is 3.09. The molecule has 3 aromatic rings. The summed E-state index contributed by atoms with van der Waals surface area (Å²) in [5.74, 6) is -0.312. The maximum absolute atomic E-state index is 13.4. The lowest BCUT2D eigenvalue weighted by molar-refractivity contribution is -0.274. The minimum atomic E-state index is -4.75. The second-order valence-corrected chi connectivity index (χ2v) is 8.92. The van der Waals surface area contributed by atoms with Crippen molar-refractivity contribution in [3.63, 3.8) is 0 Å². The summed E-state index contributed by atoms with van der Waals surface area (Å²) >= 11 is 0. The zero-order valence-electron chi connectivity index (χ0n) is 17.9. The molecule has 5 rings (SSSR count). The van der Waals surface area contributed by atoms with E-state index in [9.17, 15) is 22.8 Å². The first-order valence-electron chi connectivity index (χ1n) is 10.3. The molecule has 9 heteroatoms. The van der Waals surface area contributed by atoms with Gasteiger partial charge in [-0.25, -0.2) is 0 Å². The van der Waals surface area contributed by atoms with Crippen LogP contribution in [0.1, 0.15) is 27.9 Å². The van der Waals surface area contributed by atoms with Crippen LogP contribution in [0.15, 0.2) is 41.5 Å². The van der Waals surface area contributed by atoms with E-state index in [1.807, 2.05) is 6.92 Å². The summed E-state index contributed by atoms with van der Waals surface area (Å²) < 4.78 is 45.2. The Morgan fingerprint density at radius 1 is 1.19 bits per heavy atom. The van der Waals surface area contributed by atoms with Gasteiger partial charge in [-0.15, -0.1) is 13.2 Å². The van der Waals surface area contributed by atoms with Crippen molar-refractivity contribution >= 4 is 16.8 Å². The van der Waals surface area contributed by atoms with Crippen LogP contribution in [-0.4, -0.2) is 39.4 Å². The summed E-state index contributed by atoms with van der Waals surface area (Å²) in [4.78, 5) is 28.0. The molecule has 2 fully saturated rings. The Balaban J connectivity index is 1.46. The van der Waals surface area contributed by atoms with E-state index in [2.05, 4.69) is 4.74 Å². The molecule has 2 unspecified atom stereocenters. The number of pyridine rings is 1. The summed E-state index contributed by atoms with van der Waals surface area (Å²) in [6.45, 7) is 2.80. The van der Waals surface area contributed by atoms with Crippen LogP contribution < -0.4 is 10.3 Å². The lowest BCUT2D eigenvalue weighted by atomic mass is 9.95. The molecule has 1 amide bonds. The van der Waals surface area contributed by atoms with E-state index in [0.717, 1.165) is 23.1 Å². The molecule has 1 aromatic carbocycles. The van der Waals surface area contributed by atoms with Crippen LogP contribution in [-0.2, 0) is 19.5 Å². The number of fused-ring (bicyclic) bond motifs is 2. The van der Waals surface area contributed by atoms with Crippen LogP contribution >= 0.6 is 0 Å². The van der Waals surface area contributed by atoms with Crippen LogP contribution in [0.2, 0.25) is 0 Å². The topological polar surface area (TPSA) is 56.5 Å². The summed E-state index contributed by atoms with van der Waals surface area (Å²) in [5, 5.41) is 0.398. The number of rotatable bonds is 3. The number of benzene rings is 1. The van der Waals surface area contributed by atoms with E-state index in [0.29, 0.717) is 24.0 Å². The van der Waals surface area contributed by atoms with Gasteiger partial charge in [-0.1, -0.05) is 12.1 Å². The maximum Gasteiger partial charge on any atom is 0.573 e. The zero-order chi connectivity index (χ0) is 23.0. The Kier molecular flexibility index (Phi) is 4.28. The first kappa shape index (κ1) is 20.7. The van der Waals surface area contributed by atoms with Crippen LogP contribution in [0.4, 0.5) is 13.2 Å². The molecule has 0 bridgehead atoms. The number of piperidine rings is 1. The van der Waals surface area contributed by atoms with Crippen molar-refractivity contribution in [3.05, 3.63) is 63.7 Å². The van der Waals surface area contributed by atoms with E-state index < -0.39 is 6.36 Å². The van der Waals surface area contributed by atoms with Gasteiger partial charge < -0.3 is 18.8 Å². The predicted molar refractivity (Wildman–Crippen MR) is 112 cm³/mol. The van der Waals surface area contributed by atoms with Crippen molar-refractivity contribution < 1.29 is 22.7 Å². The molecule has 32 heavy (non-hydrogen) atoms. The molecule has 2 atom stereocenters. The number of carbonyl (C=O) groups excluding carboxylic acids is 1. The summed E-state index contributed by atoms with van der Waals surface area (Å²) in [6.07, 6.45) is -0.511. The number of aryl methyl sites for hydroxylation is 3. The van der Waals surface area contributed by atoms with Crippen molar-refractivity contribution in [1.29, 1.82) is 0 Å². The Labute approximate surface area is 181 Å². The second-order valence-electron chi connectivity index (χ2n) is 8.92. The van der Waals surface area contributed by atoms with E-state index in [-0.39, 0.29) is 28.5 Å². The smallest absolute Gasteiger partial charge is 0.406 e. The lowest BCUT2D eigenvalue weighted by Gasteiger charge is -2.21. The van der Waals surface area contributed by atoms with Crippen molar-refractivity contribution in [3.8, 4) is 5.75 Å². The van der Waals surface area contributed by atoms with Gasteiger partial charge in [0.05, 0.1) is 16.5 Å². The van der Waals surface area contributed by atoms with Gasteiger partial charge in [0.15, 0.2) is 0 Å². The third-order valence-corrected chi connectivity index (χ3v) is 6.78. The molecule has 168 valence electrons. The number of halogens is 3. The van der Waals surface area contributed by atoms with Gasteiger partial charge in [0.25, 0.3) is 11.5 Å². The van der Waals surface area contributed by atoms with Crippen molar-refractivity contribution in [1.82, 2.24) is 14.0 Å². The normalized spacial score (nSPS) is 22.3. The maximum atomic E-state index is 13.4. The highest BCUT2D eigenvalue weighted by Gasteiger charge is 2.61. The molecule has 0 spiro atoms. The molecule has 0 radical (unpaired) electrons. The number of hydrogen-bond donors (Lipinski definition) is 0. The number of alkyl halides is 3. The molecule has 1 aliphatic carbocycles. The summed E-state index contributed by atoms with van der Waals surface area (Å²) in [7, 11) is 3.46. The fourth-order valence-corrected chi connectivity index (χ4v) is 5.32. The monoisotopic (exact) mass is 445 g/mol. The van der Waals surface area contributed by atoms with Crippen molar-refractivity contribution in [2.75, 3.05) is 13.1 Å². The van der Waals surface area contributed by atoms with Crippen LogP contribution in [0.25, 0.3) is 10.9 Å². The molecule has 1 saturated carbocycles. The Morgan fingerprint density at radius 2 is 1.94 bits per heavy atom. The minimum Gasteiger partial charge on any atom is -0.406 e. The molecule has 2 aromatic heterocycles. The number of amides is 1. The van der Waals surface area contributed by atoms with E-state index in [4.69, 9.17) is 0 Å². The van der Waals surface area contributed by atoms with Crippen LogP contribution in [0, 0.1) is 12.8 Å². The number of hydrogen-bond acceptors (Lipinski definition) is 3. The van der Waals surface area contributed by atoms with Crippen LogP contribution in [0.5, 0.6) is 5.75 Å². The largest absolute Gasteiger partial charge is 0.573 e. The Morgan fingerprint density at radius 3 is 2.66 bits per heavy atom. The molecule has 0 N–H and O–H groups in total. The van der Waals surface area contributed by atoms with Crippen molar-refractivity contribution in [2.24, 2.45) is 20.0 Å². The molecule has 1 saturated heterocycles. The van der Waals surface area contributed by atoms with E-state index in [1.54, 1.807) is 48.1 Å². The van der Waals surface area contributed by atoms with Gasteiger partial charge in [-0.3, -0.25) is 9.59 Å². The second kappa shape index (κ2) is 6.63. The quantitative estimate of drug-likeness (QED) is 0.620. The highest BCUT2D eigenvalue weighted by atomic mass is 19.4. The van der Waals surface area contributed by atoms with Gasteiger partial charge in [-0.2, -0.15) is 0 Å². The highest BCUT2D eigenvalue weighted by molar-refractivity contribution is 6.07. The van der Waals surface area contributed by atoms with E-state index in [1.165, 1.54) is 16.7 Å². The average molecular weight is 445 g/mol. The SMILES string of the molecule is Cc1cn(C)c(=O)c2c(C(=O)N3CC4CC4(c4cccc(OC(F)(F)F)c4)C3)cn(C)c12. The molecule has 3 heterocycles. The predicted octanol–water partition coefficient (Wildman–Crippen LogP) is 3.50. The summed E-state index contributed by atoms with van der Waals surface area (Å²) in [5.41, 5.74) is 2.12. The molecule has 1 aliphatic heterocycles. The number of nitrogens with zero attached hydrogens (tertiary/aromatic N) is 3. The van der Waals surface area contributed by atoms with Gasteiger partial charge in [0.2, 0.25) is 0 Å². The zero-order valence-corrected chi connectivity index (χ0v) is 17.9. The number of ether oxygens (including phenoxy) is 1. The first-order chi connectivity index (χ1) is 15.0. The summed E-state index contributed by atoms with van der Waals surface area (Å²) in [6, 6.07) is 6.02. The number of likely N-dealkylation sites (tertiary alicyclic amines) is 1. The van der Waals surface area contributed by atoms with Gasteiger partial charge >= 0.3 is 6.36 Å².